The summed E-state index contributed by atoms with van der Waals surface area (Å²) in [5, 5.41) is 4.15. The summed E-state index contributed by atoms with van der Waals surface area (Å²) in [7, 11) is -4.13. The molecule has 0 spiro atoms. The Hall–Kier alpha value is -2.82. The fraction of sp³-hybridized carbons (Fsp3) is 0.200. The van der Waals surface area contributed by atoms with Crippen molar-refractivity contribution < 1.29 is 17.2 Å². The maximum atomic E-state index is 14.0. The number of sulfonamides is 1. The molecule has 2 aromatic carbocycles. The first kappa shape index (κ1) is 21.4. The second kappa shape index (κ2) is 8.37. The SMILES string of the molecule is O=c1c(Cl)c(N2CCN(S(=O)(=O)c3ccc(F)cc3F)CC2)cnn1-c1ccccc1. The van der Waals surface area contributed by atoms with Gasteiger partial charge in [0, 0.05) is 32.2 Å². The van der Waals surface area contributed by atoms with Gasteiger partial charge in [0.25, 0.3) is 5.56 Å². The molecule has 0 unspecified atom stereocenters. The quantitative estimate of drug-likeness (QED) is 0.591. The van der Waals surface area contributed by atoms with E-state index in [4.69, 9.17) is 11.6 Å². The molecule has 0 amide bonds. The third-order valence-electron chi connectivity index (χ3n) is 4.99. The van der Waals surface area contributed by atoms with Crippen LogP contribution in [0.4, 0.5) is 14.5 Å². The lowest BCUT2D eigenvalue weighted by Crippen LogP contribution is -2.49. The van der Waals surface area contributed by atoms with Gasteiger partial charge in [-0.3, -0.25) is 4.79 Å². The van der Waals surface area contributed by atoms with E-state index in [0.717, 1.165) is 16.4 Å². The van der Waals surface area contributed by atoms with Crippen molar-refractivity contribution in [1.29, 1.82) is 0 Å². The first-order valence-electron chi connectivity index (χ1n) is 9.32. The second-order valence-electron chi connectivity index (χ2n) is 6.86. The largest absolute Gasteiger partial charge is 0.366 e. The van der Waals surface area contributed by atoms with Crippen LogP contribution in [-0.2, 0) is 10.0 Å². The van der Waals surface area contributed by atoms with Crippen molar-refractivity contribution >= 4 is 27.3 Å². The zero-order valence-electron chi connectivity index (χ0n) is 16.1. The fourth-order valence-corrected chi connectivity index (χ4v) is 5.11. The van der Waals surface area contributed by atoms with Gasteiger partial charge >= 0.3 is 0 Å². The summed E-state index contributed by atoms with van der Waals surface area (Å²) >= 11 is 6.31. The molecule has 1 aliphatic rings. The van der Waals surface area contributed by atoms with Crippen molar-refractivity contribution in [2.45, 2.75) is 4.90 Å². The van der Waals surface area contributed by atoms with Gasteiger partial charge in [-0.25, -0.2) is 17.2 Å². The van der Waals surface area contributed by atoms with E-state index in [1.54, 1.807) is 29.2 Å². The molecular formula is C20H17ClF2N4O3S. The number of halogens is 3. The highest BCUT2D eigenvalue weighted by Crippen LogP contribution is 2.26. The molecule has 1 aromatic heterocycles. The van der Waals surface area contributed by atoms with Crippen LogP contribution in [0.1, 0.15) is 0 Å². The Morgan fingerprint density at radius 2 is 1.65 bits per heavy atom. The van der Waals surface area contributed by atoms with E-state index in [1.807, 2.05) is 6.07 Å². The van der Waals surface area contributed by atoms with E-state index in [-0.39, 0.29) is 31.2 Å². The number of anilines is 1. The summed E-state index contributed by atoms with van der Waals surface area (Å²) in [5.41, 5.74) is 0.468. The number of hydrogen-bond acceptors (Lipinski definition) is 5. The average molecular weight is 467 g/mol. The molecule has 4 rings (SSSR count). The summed E-state index contributed by atoms with van der Waals surface area (Å²) in [6.07, 6.45) is 1.46. The van der Waals surface area contributed by atoms with E-state index in [2.05, 4.69) is 5.10 Å². The molecule has 0 radical (unpaired) electrons. The Kier molecular flexibility index (Phi) is 5.78. The van der Waals surface area contributed by atoms with E-state index in [1.165, 1.54) is 10.9 Å². The average Bonchev–Trinajstić information content (AvgIpc) is 2.76. The fourth-order valence-electron chi connectivity index (χ4n) is 3.39. The van der Waals surface area contributed by atoms with Gasteiger partial charge in [-0.2, -0.15) is 14.1 Å². The Morgan fingerprint density at radius 3 is 2.29 bits per heavy atom. The molecule has 31 heavy (non-hydrogen) atoms. The zero-order valence-corrected chi connectivity index (χ0v) is 17.7. The highest BCUT2D eigenvalue weighted by atomic mass is 35.5. The summed E-state index contributed by atoms with van der Waals surface area (Å²) < 4.78 is 54.9. The third-order valence-corrected chi connectivity index (χ3v) is 7.28. The maximum absolute atomic E-state index is 14.0. The van der Waals surface area contributed by atoms with E-state index in [0.29, 0.717) is 17.4 Å². The van der Waals surface area contributed by atoms with Crippen molar-refractivity contribution in [3.05, 3.63) is 81.7 Å². The van der Waals surface area contributed by atoms with E-state index >= 15 is 0 Å². The van der Waals surface area contributed by atoms with Crippen molar-refractivity contribution in [2.75, 3.05) is 31.1 Å². The summed E-state index contributed by atoms with van der Waals surface area (Å²) in [4.78, 5) is 13.8. The molecule has 11 heteroatoms. The van der Waals surface area contributed by atoms with Crippen LogP contribution < -0.4 is 10.5 Å². The Balaban J connectivity index is 1.54. The van der Waals surface area contributed by atoms with Gasteiger partial charge in [-0.1, -0.05) is 29.8 Å². The minimum atomic E-state index is -4.13. The highest BCUT2D eigenvalue weighted by molar-refractivity contribution is 7.89. The normalized spacial score (nSPS) is 15.3. The first-order valence-corrected chi connectivity index (χ1v) is 11.1. The van der Waals surface area contributed by atoms with Gasteiger partial charge in [0.15, 0.2) is 0 Å². The van der Waals surface area contributed by atoms with E-state index < -0.39 is 32.1 Å². The predicted molar refractivity (Wildman–Crippen MR) is 112 cm³/mol. The number of piperazine rings is 1. The number of aromatic nitrogens is 2. The molecule has 0 saturated carbocycles. The molecule has 162 valence electrons. The summed E-state index contributed by atoms with van der Waals surface area (Å²) in [6.45, 7) is 0.519. The molecule has 0 bridgehead atoms. The highest BCUT2D eigenvalue weighted by Gasteiger charge is 2.31. The van der Waals surface area contributed by atoms with Gasteiger partial charge < -0.3 is 4.90 Å². The lowest BCUT2D eigenvalue weighted by Gasteiger charge is -2.35. The van der Waals surface area contributed by atoms with Crippen LogP contribution in [0.15, 0.2) is 64.4 Å². The minimum Gasteiger partial charge on any atom is -0.366 e. The van der Waals surface area contributed by atoms with Crippen molar-refractivity contribution in [3.63, 3.8) is 0 Å². The second-order valence-corrected chi connectivity index (χ2v) is 9.15. The number of rotatable bonds is 4. The predicted octanol–water partition coefficient (Wildman–Crippen LogP) is 2.68. The van der Waals surface area contributed by atoms with Gasteiger partial charge in [-0.15, -0.1) is 0 Å². The topological polar surface area (TPSA) is 75.5 Å². The Morgan fingerprint density at radius 1 is 0.968 bits per heavy atom. The first-order chi connectivity index (χ1) is 14.8. The Bertz CT molecular complexity index is 1280. The van der Waals surface area contributed by atoms with Crippen LogP contribution in [0.3, 0.4) is 0 Å². The van der Waals surface area contributed by atoms with Crippen LogP contribution in [-0.4, -0.2) is 48.7 Å². The minimum absolute atomic E-state index is 0.0280. The van der Waals surface area contributed by atoms with Gasteiger partial charge in [0.1, 0.15) is 21.6 Å². The van der Waals surface area contributed by atoms with Crippen LogP contribution in [0.2, 0.25) is 5.02 Å². The van der Waals surface area contributed by atoms with Crippen LogP contribution >= 0.6 is 11.6 Å². The molecule has 0 N–H and O–H groups in total. The number of benzene rings is 2. The van der Waals surface area contributed by atoms with Crippen LogP contribution in [0.25, 0.3) is 5.69 Å². The van der Waals surface area contributed by atoms with Gasteiger partial charge in [-0.05, 0) is 24.3 Å². The van der Waals surface area contributed by atoms with Crippen LogP contribution in [0.5, 0.6) is 0 Å². The van der Waals surface area contributed by atoms with Gasteiger partial charge in [0.05, 0.1) is 17.6 Å². The maximum Gasteiger partial charge on any atom is 0.292 e. The lowest BCUT2D eigenvalue weighted by atomic mass is 10.3. The van der Waals surface area contributed by atoms with Crippen molar-refractivity contribution in [3.8, 4) is 5.69 Å². The smallest absolute Gasteiger partial charge is 0.292 e. The number of nitrogens with zero attached hydrogens (tertiary/aromatic N) is 4. The molecule has 0 atom stereocenters. The third kappa shape index (κ3) is 4.06. The molecule has 7 nitrogen and oxygen atoms in total. The molecule has 1 fully saturated rings. The molecular weight excluding hydrogens is 450 g/mol. The zero-order chi connectivity index (χ0) is 22.2. The standard InChI is InChI=1S/C20H17ClF2N4O3S/c21-19-17(13-24-27(20(19)28)15-4-2-1-3-5-15)25-8-10-26(11-9-25)31(29,30)18-7-6-14(22)12-16(18)23/h1-7,12-13H,8-11H2. The van der Waals surface area contributed by atoms with E-state index in [9.17, 15) is 22.0 Å². The number of hydrogen-bond donors (Lipinski definition) is 0. The van der Waals surface area contributed by atoms with Crippen molar-refractivity contribution in [1.82, 2.24) is 14.1 Å². The molecule has 0 aliphatic carbocycles. The lowest BCUT2D eigenvalue weighted by molar-refractivity contribution is 0.382. The molecule has 2 heterocycles. The van der Waals surface area contributed by atoms with Crippen molar-refractivity contribution in [2.24, 2.45) is 0 Å². The number of para-hydroxylation sites is 1. The molecule has 1 saturated heterocycles. The van der Waals surface area contributed by atoms with Gasteiger partial charge in [0.2, 0.25) is 10.0 Å². The molecule has 3 aromatic rings. The monoisotopic (exact) mass is 466 g/mol. The summed E-state index contributed by atoms with van der Waals surface area (Å²) in [5.74, 6) is -1.99. The Labute approximate surface area is 182 Å². The summed E-state index contributed by atoms with van der Waals surface area (Å²) in [6, 6.07) is 11.2. The molecule has 1 aliphatic heterocycles. The van der Waals surface area contributed by atoms with Crippen LogP contribution in [0, 0.1) is 11.6 Å².